The Labute approximate surface area is 157 Å². The van der Waals surface area contributed by atoms with Crippen LogP contribution in [0.5, 0.6) is 11.6 Å². The van der Waals surface area contributed by atoms with E-state index in [1.165, 1.54) is 11.8 Å². The second kappa shape index (κ2) is 7.23. The Hall–Kier alpha value is -3.15. The van der Waals surface area contributed by atoms with Gasteiger partial charge in [-0.3, -0.25) is 4.79 Å². The third-order valence-electron chi connectivity index (χ3n) is 4.68. The summed E-state index contributed by atoms with van der Waals surface area (Å²) in [5.74, 6) is 1.62. The molecule has 1 aliphatic rings. The Bertz CT molecular complexity index is 949. The first kappa shape index (κ1) is 17.3. The minimum Gasteiger partial charge on any atom is -0.448 e. The van der Waals surface area contributed by atoms with Gasteiger partial charge in [-0.1, -0.05) is 23.8 Å². The molecule has 1 atom stereocenters. The monoisotopic (exact) mass is 363 g/mol. The second-order valence-electron chi connectivity index (χ2n) is 6.72. The van der Waals surface area contributed by atoms with Crippen molar-refractivity contribution >= 4 is 5.91 Å². The molecule has 3 heterocycles. The minimum absolute atomic E-state index is 0.0870. The zero-order chi connectivity index (χ0) is 18.8. The zero-order valence-corrected chi connectivity index (χ0v) is 15.4. The van der Waals surface area contributed by atoms with E-state index in [0.717, 1.165) is 24.3 Å². The number of carbonyl (C=O) groups is 1. The van der Waals surface area contributed by atoms with Crippen LogP contribution in [-0.2, 0) is 0 Å². The molecule has 138 valence electrons. The lowest BCUT2D eigenvalue weighted by Crippen LogP contribution is -2.31. The van der Waals surface area contributed by atoms with Crippen LogP contribution in [0.4, 0.5) is 0 Å². The highest BCUT2D eigenvalue weighted by Crippen LogP contribution is 2.33. The maximum atomic E-state index is 12.8. The molecule has 1 unspecified atom stereocenters. The molecular formula is C21H21N3O3. The Morgan fingerprint density at radius 3 is 2.70 bits per heavy atom. The summed E-state index contributed by atoms with van der Waals surface area (Å²) < 4.78 is 11.1. The van der Waals surface area contributed by atoms with E-state index in [2.05, 4.69) is 9.97 Å². The third kappa shape index (κ3) is 3.69. The van der Waals surface area contributed by atoms with Gasteiger partial charge in [0.15, 0.2) is 11.6 Å². The highest BCUT2D eigenvalue weighted by atomic mass is 16.5. The van der Waals surface area contributed by atoms with Crippen LogP contribution in [0.1, 0.15) is 46.5 Å². The van der Waals surface area contributed by atoms with Gasteiger partial charge >= 0.3 is 0 Å². The molecule has 2 aromatic heterocycles. The summed E-state index contributed by atoms with van der Waals surface area (Å²) in [7, 11) is 0. The van der Waals surface area contributed by atoms with Gasteiger partial charge in [0.1, 0.15) is 12.0 Å². The summed E-state index contributed by atoms with van der Waals surface area (Å²) in [6.07, 6.45) is 3.21. The summed E-state index contributed by atoms with van der Waals surface area (Å²) in [6.45, 7) is 4.44. The van der Waals surface area contributed by atoms with Crippen molar-refractivity contribution in [3.63, 3.8) is 0 Å². The van der Waals surface area contributed by atoms with Crippen molar-refractivity contribution in [2.75, 3.05) is 6.54 Å². The van der Waals surface area contributed by atoms with Crippen LogP contribution >= 0.6 is 0 Å². The SMILES string of the molecule is Cc1ccc(Oc2cccc(C3CCCN3C(=O)c3coc(C)n3)n2)cc1. The van der Waals surface area contributed by atoms with Crippen LogP contribution in [0.2, 0.25) is 0 Å². The Morgan fingerprint density at radius 2 is 1.96 bits per heavy atom. The second-order valence-corrected chi connectivity index (χ2v) is 6.72. The molecule has 1 aliphatic heterocycles. The normalized spacial score (nSPS) is 16.5. The first-order valence-corrected chi connectivity index (χ1v) is 9.05. The van der Waals surface area contributed by atoms with E-state index in [0.29, 0.717) is 24.0 Å². The van der Waals surface area contributed by atoms with Gasteiger partial charge in [-0.15, -0.1) is 0 Å². The summed E-state index contributed by atoms with van der Waals surface area (Å²) in [5.41, 5.74) is 2.34. The van der Waals surface area contributed by atoms with E-state index in [9.17, 15) is 4.79 Å². The van der Waals surface area contributed by atoms with Crippen LogP contribution in [0.3, 0.4) is 0 Å². The number of rotatable bonds is 4. The number of benzene rings is 1. The van der Waals surface area contributed by atoms with Gasteiger partial charge in [-0.2, -0.15) is 0 Å². The largest absolute Gasteiger partial charge is 0.448 e. The summed E-state index contributed by atoms with van der Waals surface area (Å²) >= 11 is 0. The predicted molar refractivity (Wildman–Crippen MR) is 99.7 cm³/mol. The fourth-order valence-corrected chi connectivity index (χ4v) is 3.33. The van der Waals surface area contributed by atoms with Crippen LogP contribution in [0.15, 0.2) is 53.1 Å². The van der Waals surface area contributed by atoms with E-state index >= 15 is 0 Å². The first-order chi connectivity index (χ1) is 13.1. The maximum absolute atomic E-state index is 12.8. The number of aromatic nitrogens is 2. The lowest BCUT2D eigenvalue weighted by Gasteiger charge is -2.23. The third-order valence-corrected chi connectivity index (χ3v) is 4.68. The fourth-order valence-electron chi connectivity index (χ4n) is 3.33. The standard InChI is InChI=1S/C21H21N3O3/c1-14-8-10-16(11-9-14)27-20-7-3-5-17(23-20)19-6-4-12-24(19)21(25)18-13-26-15(2)22-18/h3,5,7-11,13,19H,4,6,12H2,1-2H3. The van der Waals surface area contributed by atoms with Crippen molar-refractivity contribution in [1.29, 1.82) is 0 Å². The lowest BCUT2D eigenvalue weighted by molar-refractivity contribution is 0.0726. The number of hydrogen-bond acceptors (Lipinski definition) is 5. The number of oxazole rings is 1. The number of ether oxygens (including phenoxy) is 1. The molecule has 1 fully saturated rings. The van der Waals surface area contributed by atoms with E-state index in [4.69, 9.17) is 9.15 Å². The summed E-state index contributed by atoms with van der Waals surface area (Å²) in [5, 5.41) is 0. The van der Waals surface area contributed by atoms with Crippen molar-refractivity contribution in [3.05, 3.63) is 71.6 Å². The average molecular weight is 363 g/mol. The molecule has 0 radical (unpaired) electrons. The molecule has 0 N–H and O–H groups in total. The Balaban J connectivity index is 1.55. The van der Waals surface area contributed by atoms with Crippen LogP contribution in [0.25, 0.3) is 0 Å². The quantitative estimate of drug-likeness (QED) is 0.685. The number of nitrogens with zero attached hydrogens (tertiary/aromatic N) is 3. The molecular weight excluding hydrogens is 342 g/mol. The zero-order valence-electron chi connectivity index (χ0n) is 15.4. The van der Waals surface area contributed by atoms with E-state index in [1.54, 1.807) is 6.92 Å². The van der Waals surface area contributed by atoms with E-state index in [-0.39, 0.29) is 11.9 Å². The van der Waals surface area contributed by atoms with Gasteiger partial charge in [-0.05, 0) is 38.0 Å². The molecule has 1 aromatic carbocycles. The number of pyridine rings is 1. The number of likely N-dealkylation sites (tertiary alicyclic amines) is 1. The number of amides is 1. The Morgan fingerprint density at radius 1 is 1.15 bits per heavy atom. The number of aryl methyl sites for hydroxylation is 2. The molecule has 6 nitrogen and oxygen atoms in total. The average Bonchev–Trinajstić information content (AvgIpc) is 3.32. The van der Waals surface area contributed by atoms with E-state index < -0.39 is 0 Å². The Kier molecular flexibility index (Phi) is 4.62. The minimum atomic E-state index is -0.124. The predicted octanol–water partition coefficient (Wildman–Crippen LogP) is 4.46. The molecule has 0 saturated carbocycles. The van der Waals surface area contributed by atoms with Crippen LogP contribution in [0, 0.1) is 13.8 Å². The number of hydrogen-bond donors (Lipinski definition) is 0. The molecule has 1 saturated heterocycles. The molecule has 3 aromatic rings. The molecule has 1 amide bonds. The molecule has 0 bridgehead atoms. The van der Waals surface area contributed by atoms with Crippen LogP contribution < -0.4 is 4.74 Å². The van der Waals surface area contributed by atoms with Crippen LogP contribution in [-0.4, -0.2) is 27.3 Å². The van der Waals surface area contributed by atoms with Gasteiger partial charge in [0.25, 0.3) is 5.91 Å². The van der Waals surface area contributed by atoms with Gasteiger partial charge in [0, 0.05) is 19.5 Å². The molecule has 0 aliphatic carbocycles. The summed E-state index contributed by atoms with van der Waals surface area (Å²) in [6, 6.07) is 13.4. The molecule has 4 rings (SSSR count). The molecule has 0 spiro atoms. The van der Waals surface area contributed by atoms with Gasteiger partial charge < -0.3 is 14.1 Å². The topological polar surface area (TPSA) is 68.5 Å². The van der Waals surface area contributed by atoms with Crippen molar-refractivity contribution < 1.29 is 13.9 Å². The van der Waals surface area contributed by atoms with Crippen molar-refractivity contribution in [3.8, 4) is 11.6 Å². The first-order valence-electron chi connectivity index (χ1n) is 9.05. The number of carbonyl (C=O) groups excluding carboxylic acids is 1. The highest BCUT2D eigenvalue weighted by molar-refractivity contribution is 5.92. The lowest BCUT2D eigenvalue weighted by atomic mass is 10.1. The summed E-state index contributed by atoms with van der Waals surface area (Å²) in [4.78, 5) is 23.4. The van der Waals surface area contributed by atoms with Gasteiger partial charge in [0.2, 0.25) is 5.88 Å². The van der Waals surface area contributed by atoms with Crippen molar-refractivity contribution in [1.82, 2.24) is 14.9 Å². The fraction of sp³-hybridized carbons (Fsp3) is 0.286. The highest BCUT2D eigenvalue weighted by Gasteiger charge is 2.33. The molecule has 6 heteroatoms. The molecule has 27 heavy (non-hydrogen) atoms. The van der Waals surface area contributed by atoms with Gasteiger partial charge in [-0.25, -0.2) is 9.97 Å². The van der Waals surface area contributed by atoms with E-state index in [1.807, 2.05) is 54.3 Å². The van der Waals surface area contributed by atoms with Gasteiger partial charge in [0.05, 0.1) is 11.7 Å². The smallest absolute Gasteiger partial charge is 0.276 e. The van der Waals surface area contributed by atoms with Crippen molar-refractivity contribution in [2.45, 2.75) is 32.7 Å². The van der Waals surface area contributed by atoms with Crippen molar-refractivity contribution in [2.24, 2.45) is 0 Å². The maximum Gasteiger partial charge on any atom is 0.276 e.